The van der Waals surface area contributed by atoms with E-state index in [1.165, 1.54) is 157 Å². The van der Waals surface area contributed by atoms with Crippen LogP contribution in [0.5, 0.6) is 11.5 Å². The topological polar surface area (TPSA) is 48.1 Å². The minimum atomic E-state index is 0. The average Bonchev–Trinajstić information content (AvgIpc) is 1.78. The molecule has 13 aromatic rings. The summed E-state index contributed by atoms with van der Waals surface area (Å²) in [6.07, 6.45) is 11.8. The third-order valence-electron chi connectivity index (χ3n) is 21.9. The van der Waals surface area contributed by atoms with Crippen LogP contribution in [0.15, 0.2) is 302 Å². The highest BCUT2D eigenvalue weighted by atomic mass is 35.5. The van der Waals surface area contributed by atoms with Gasteiger partial charge in [-0.05, 0) is 254 Å². The van der Waals surface area contributed by atoms with E-state index in [-0.39, 0.29) is 14.9 Å². The van der Waals surface area contributed by atoms with E-state index in [0.29, 0.717) is 46.9 Å². The summed E-state index contributed by atoms with van der Waals surface area (Å²) in [4.78, 5) is 4.28. The number of para-hydroxylation sites is 2. The van der Waals surface area contributed by atoms with Gasteiger partial charge in [0.25, 0.3) is 0 Å². The molecule has 1 aliphatic rings. The van der Waals surface area contributed by atoms with Gasteiger partial charge in [0.05, 0.1) is 16.9 Å². The minimum absolute atomic E-state index is 0. The van der Waals surface area contributed by atoms with Crippen LogP contribution in [0.4, 0.5) is 5.69 Å². The quantitative estimate of drug-likeness (QED) is 0.0821. The Hall–Kier alpha value is -9.84. The molecule has 0 bridgehead atoms. The molecule has 1 aliphatic carbocycles. The number of hydrogen-bond donors (Lipinski definition) is 1. The van der Waals surface area contributed by atoms with E-state index in [1.807, 2.05) is 54.0 Å². The maximum atomic E-state index is 5.82. The largest absolute Gasteiger partial charge is 0.455 e. The molecule has 0 aliphatic heterocycles. The Balaban J connectivity index is 0.000000368. The van der Waals surface area contributed by atoms with Crippen LogP contribution < -0.4 is 10.5 Å². The van der Waals surface area contributed by atoms with Crippen molar-refractivity contribution in [3.63, 3.8) is 0 Å². The summed E-state index contributed by atoms with van der Waals surface area (Å²) in [6, 6.07) is 103. The number of aromatic nitrogens is 1. The first-order chi connectivity index (χ1) is 60.0. The van der Waals surface area contributed by atoms with Crippen LogP contribution in [0.1, 0.15) is 321 Å². The van der Waals surface area contributed by atoms with E-state index < -0.39 is 0 Å². The Labute approximate surface area is 791 Å². The van der Waals surface area contributed by atoms with Gasteiger partial charge in [-0.1, -0.05) is 472 Å². The number of thiazole rings is 1. The predicted octanol–water partition coefficient (Wildman–Crippen LogP) is 38.4. The van der Waals surface area contributed by atoms with Gasteiger partial charge in [0.1, 0.15) is 11.5 Å². The maximum absolute atomic E-state index is 5.82. The highest BCUT2D eigenvalue weighted by Gasteiger charge is 2.16. The molecule has 0 atom stereocenters. The molecule has 0 radical (unpaired) electrons. The van der Waals surface area contributed by atoms with Gasteiger partial charge < -0.3 is 10.5 Å². The number of benzene rings is 12. The Morgan fingerprint density at radius 2 is 0.648 bits per heavy atom. The van der Waals surface area contributed by atoms with Crippen molar-refractivity contribution in [3.8, 4) is 33.9 Å². The number of nitrogen functional groups attached to an aromatic ring is 1. The first-order valence-corrected chi connectivity index (χ1v) is 48.2. The Kier molecular flexibility index (Phi) is 54.1. The van der Waals surface area contributed by atoms with Crippen molar-refractivity contribution in [2.45, 2.75) is 294 Å². The fourth-order valence-corrected chi connectivity index (χ4v) is 14.9. The molecule has 14 rings (SSSR count). The van der Waals surface area contributed by atoms with Crippen molar-refractivity contribution in [1.29, 1.82) is 0 Å². The van der Waals surface area contributed by atoms with E-state index in [4.69, 9.17) is 22.1 Å². The van der Waals surface area contributed by atoms with Crippen LogP contribution >= 0.6 is 22.9 Å². The zero-order chi connectivity index (χ0) is 92.6. The van der Waals surface area contributed by atoms with Gasteiger partial charge in [0.15, 0.2) is 0 Å². The number of nitrogens with two attached hydrogens (primary N) is 1. The monoisotopic (exact) mass is 1760 g/mol. The zero-order valence-corrected chi connectivity index (χ0v) is 83.9. The van der Waals surface area contributed by atoms with E-state index >= 15 is 0 Å². The lowest BCUT2D eigenvalue weighted by atomic mass is 9.83. The zero-order valence-electron chi connectivity index (χ0n) is 82.3. The standard InChI is InChI=1S/C16H18.C15H17NO.C15H22.C12H13NS.3C11H16.C10H13Cl.2C10H14.2CH4/c1-12(2)14-7-9-15(10-8-14)16-6-4-5-13(3)11-16;1-11(2)12-7-9-13(10-8-12)17-15-6-4-3-5-14(15)16;1-12(2)13-8-10-15(11-9-13)14-6-4-3-5-7-14;1-9(2)10-3-5-11(6-4-10)12-7-14-8-13-12;2*1-9(2)8-11-6-4-10(3)5-7-11;1-9(2)7-11-6-4-5-10(3)8-11;1-8(2)7-9-3-5-10(11)6-4-9;2*1-8(2)10-6-4-9(3)5-7-10;;/h4-12H,1-3H3;3-11H,16H2,1-2H3;8-12,14H,3-7H2,1-2H3;3-9H,1-2H3;2*4-7,9H,8H2,1-3H3;4-6,8-9H,7H2,1-3H3;3-6,8H,7H2,1-2H3;2*4-8H,1-3H3;2*1H4. The molecular weight excluding hydrogens is 1590 g/mol. The van der Waals surface area contributed by atoms with E-state index in [2.05, 4.69) is 433 Å². The number of ether oxygens (including phenoxy) is 1. The van der Waals surface area contributed by atoms with E-state index in [9.17, 15) is 0 Å². The van der Waals surface area contributed by atoms with E-state index in [0.717, 1.165) is 52.5 Å². The highest BCUT2D eigenvalue weighted by Crippen LogP contribution is 2.34. The molecule has 12 aromatic carbocycles. The second-order valence-corrected chi connectivity index (χ2v) is 39.1. The van der Waals surface area contributed by atoms with Crippen LogP contribution in [0.25, 0.3) is 22.4 Å². The van der Waals surface area contributed by atoms with Crippen molar-refractivity contribution < 1.29 is 4.74 Å². The van der Waals surface area contributed by atoms with Gasteiger partial charge in [-0.3, -0.25) is 0 Å². The summed E-state index contributed by atoms with van der Waals surface area (Å²) in [5, 5.41) is 2.89. The van der Waals surface area contributed by atoms with Crippen molar-refractivity contribution in [2.75, 3.05) is 5.73 Å². The van der Waals surface area contributed by atoms with Gasteiger partial charge in [0, 0.05) is 16.0 Å². The molecule has 688 valence electrons. The molecule has 128 heavy (non-hydrogen) atoms. The lowest BCUT2D eigenvalue weighted by Gasteiger charge is -2.22. The molecular formula is C123H167ClN2OS. The summed E-state index contributed by atoms with van der Waals surface area (Å²) in [7, 11) is 0. The first kappa shape index (κ1) is 112. The molecule has 2 N–H and O–H groups in total. The lowest BCUT2D eigenvalue weighted by molar-refractivity contribution is 0.443. The van der Waals surface area contributed by atoms with Gasteiger partial charge >= 0.3 is 0 Å². The summed E-state index contributed by atoms with van der Waals surface area (Å²) in [6.45, 7) is 57.3. The molecule has 0 amide bonds. The second-order valence-electron chi connectivity index (χ2n) is 37.9. The van der Waals surface area contributed by atoms with E-state index in [1.54, 1.807) is 16.9 Å². The first-order valence-electron chi connectivity index (χ1n) is 46.9. The summed E-state index contributed by atoms with van der Waals surface area (Å²) < 4.78 is 5.72. The van der Waals surface area contributed by atoms with Gasteiger partial charge in [-0.15, -0.1) is 11.3 Å². The molecule has 3 nitrogen and oxygen atoms in total. The van der Waals surface area contributed by atoms with Crippen LogP contribution in [0.2, 0.25) is 5.02 Å². The molecule has 1 fully saturated rings. The van der Waals surface area contributed by atoms with Crippen LogP contribution in [-0.4, -0.2) is 4.98 Å². The fraction of sp³-hybridized carbons (Fsp3) is 0.390. The van der Waals surface area contributed by atoms with Crippen molar-refractivity contribution in [1.82, 2.24) is 4.98 Å². The molecule has 0 spiro atoms. The predicted molar refractivity (Wildman–Crippen MR) is 573 cm³/mol. The average molecular weight is 1760 g/mol. The Bertz CT molecular complexity index is 4800. The molecule has 5 heteroatoms. The van der Waals surface area contributed by atoms with Crippen LogP contribution in [0, 0.1) is 65.2 Å². The maximum Gasteiger partial charge on any atom is 0.150 e. The van der Waals surface area contributed by atoms with Crippen molar-refractivity contribution >= 4 is 28.6 Å². The summed E-state index contributed by atoms with van der Waals surface area (Å²) in [5.41, 5.74) is 36.9. The molecule has 1 heterocycles. The molecule has 1 saturated carbocycles. The molecule has 1 aromatic heterocycles. The second kappa shape index (κ2) is 61.6. The number of halogens is 1. The van der Waals surface area contributed by atoms with Crippen molar-refractivity contribution in [3.05, 3.63) is 402 Å². The highest BCUT2D eigenvalue weighted by molar-refractivity contribution is 7.07. The minimum Gasteiger partial charge on any atom is -0.455 e. The van der Waals surface area contributed by atoms with Crippen LogP contribution in [0.3, 0.4) is 0 Å². The smallest absolute Gasteiger partial charge is 0.150 e. The van der Waals surface area contributed by atoms with Gasteiger partial charge in [-0.2, -0.15) is 0 Å². The van der Waals surface area contributed by atoms with Gasteiger partial charge in [-0.25, -0.2) is 4.98 Å². The van der Waals surface area contributed by atoms with Gasteiger partial charge in [0.2, 0.25) is 0 Å². The fourth-order valence-electron chi connectivity index (χ4n) is 14.2. The lowest BCUT2D eigenvalue weighted by Crippen LogP contribution is -2.04. The van der Waals surface area contributed by atoms with Crippen molar-refractivity contribution in [2.24, 2.45) is 23.7 Å². The molecule has 0 unspecified atom stereocenters. The number of aryl methyl sites for hydroxylation is 6. The number of rotatable bonds is 19. The normalized spacial score (nSPS) is 11.3. The Morgan fingerprint density at radius 3 is 1.00 bits per heavy atom. The van der Waals surface area contributed by atoms with Crippen LogP contribution in [-0.2, 0) is 25.7 Å². The third-order valence-corrected chi connectivity index (χ3v) is 22.7. The number of nitrogens with zero attached hydrogens (tertiary/aromatic N) is 1. The summed E-state index contributed by atoms with van der Waals surface area (Å²) in [5.74, 6) is 9.06. The Morgan fingerprint density at radius 1 is 0.320 bits per heavy atom. The third kappa shape index (κ3) is 46.4. The molecule has 0 saturated heterocycles. The number of anilines is 1. The SMILES string of the molecule is C.C.CC(C)Cc1ccc(Cl)cc1.CC(C)c1ccc(-c2cscn2)cc1.CC(C)c1ccc(C2CCCCC2)cc1.CC(C)c1ccc(Oc2ccccc2N)cc1.Cc1ccc(C(C)C)cc1.Cc1ccc(C(C)C)cc1.Cc1ccc(CC(C)C)cc1.Cc1ccc(CC(C)C)cc1.Cc1cccc(-c2ccc(C(C)C)cc2)c1.Cc1cccc(CC(C)C)c1. The number of hydrogen-bond acceptors (Lipinski definition) is 4. The summed E-state index contributed by atoms with van der Waals surface area (Å²) >= 11 is 7.38.